The fourth-order valence-electron chi connectivity index (χ4n) is 3.22. The summed E-state index contributed by atoms with van der Waals surface area (Å²) in [6.07, 6.45) is 0. The minimum atomic E-state index is -3.94. The minimum Gasteiger partial charge on any atom is -0.332 e. The van der Waals surface area contributed by atoms with Gasteiger partial charge in [0.1, 0.15) is 0 Å². The summed E-state index contributed by atoms with van der Waals surface area (Å²) in [7, 11) is -3.94. The molecule has 0 aliphatic rings. The Labute approximate surface area is 192 Å². The molecule has 0 saturated carbocycles. The first-order valence-electron chi connectivity index (χ1n) is 9.95. The van der Waals surface area contributed by atoms with Gasteiger partial charge in [0.25, 0.3) is 10.0 Å². The smallest absolute Gasteiger partial charge is 0.284 e. The zero-order chi connectivity index (χ0) is 22.6. The predicted molar refractivity (Wildman–Crippen MR) is 135 cm³/mol. The number of nitrogens with one attached hydrogen (secondary N) is 2. The highest BCUT2D eigenvalue weighted by atomic mass is 32.2. The van der Waals surface area contributed by atoms with Crippen molar-refractivity contribution in [2.45, 2.75) is 11.8 Å². The van der Waals surface area contributed by atoms with E-state index in [4.69, 9.17) is 12.2 Å². The number of hydrogen-bond acceptors (Lipinski definition) is 3. The number of hydrogen-bond donors (Lipinski definition) is 2. The average Bonchev–Trinajstić information content (AvgIpc) is 2.80. The van der Waals surface area contributed by atoms with E-state index < -0.39 is 10.0 Å². The quantitative estimate of drug-likeness (QED) is 0.247. The molecule has 0 atom stereocenters. The van der Waals surface area contributed by atoms with Crippen LogP contribution >= 0.6 is 12.2 Å². The molecule has 0 aromatic heterocycles. The van der Waals surface area contributed by atoms with Crippen molar-refractivity contribution in [2.75, 3.05) is 5.32 Å². The molecular weight excluding hydrogens is 438 g/mol. The van der Waals surface area contributed by atoms with Gasteiger partial charge >= 0.3 is 0 Å². The lowest BCUT2D eigenvalue weighted by Gasteiger charge is -2.14. The Balaban J connectivity index is 1.66. The monoisotopic (exact) mass is 459 g/mol. The summed E-state index contributed by atoms with van der Waals surface area (Å²) in [5.41, 5.74) is 2.38. The maximum atomic E-state index is 13.0. The van der Waals surface area contributed by atoms with Gasteiger partial charge in [-0.2, -0.15) is 8.42 Å². The summed E-state index contributed by atoms with van der Waals surface area (Å²) in [5, 5.41) is 8.45. The molecule has 0 amide bonds. The number of rotatable bonds is 4. The van der Waals surface area contributed by atoms with Crippen LogP contribution in [0, 0.1) is 6.92 Å². The van der Waals surface area contributed by atoms with Crippen LogP contribution in [0.5, 0.6) is 0 Å². The van der Waals surface area contributed by atoms with E-state index in [1.807, 2.05) is 67.6 Å². The lowest BCUT2D eigenvalue weighted by Crippen LogP contribution is -2.35. The number of aryl methyl sites for hydroxylation is 1. The van der Waals surface area contributed by atoms with Crippen molar-refractivity contribution in [3.63, 3.8) is 0 Å². The van der Waals surface area contributed by atoms with Gasteiger partial charge in [-0.15, -0.1) is 4.40 Å². The number of amidine groups is 1. The third-order valence-corrected chi connectivity index (χ3v) is 6.34. The van der Waals surface area contributed by atoms with Gasteiger partial charge in [0.15, 0.2) is 10.9 Å². The van der Waals surface area contributed by atoms with Gasteiger partial charge in [-0.1, -0.05) is 84.4 Å². The van der Waals surface area contributed by atoms with Gasteiger partial charge in [0.2, 0.25) is 0 Å². The van der Waals surface area contributed by atoms with Crippen LogP contribution in [0.2, 0.25) is 0 Å². The second-order valence-corrected chi connectivity index (χ2v) is 9.21. The molecule has 4 aromatic carbocycles. The van der Waals surface area contributed by atoms with Gasteiger partial charge < -0.3 is 10.6 Å². The van der Waals surface area contributed by atoms with E-state index in [-0.39, 0.29) is 15.8 Å². The third-order valence-electron chi connectivity index (χ3n) is 4.85. The summed E-state index contributed by atoms with van der Waals surface area (Å²) in [6, 6.07) is 29.4. The van der Waals surface area contributed by atoms with E-state index in [1.54, 1.807) is 36.4 Å². The Kier molecular flexibility index (Phi) is 6.30. The topological polar surface area (TPSA) is 70.6 Å². The summed E-state index contributed by atoms with van der Waals surface area (Å²) in [4.78, 5) is 0.117. The molecule has 0 saturated heterocycles. The molecule has 0 unspecified atom stereocenters. The van der Waals surface area contributed by atoms with Gasteiger partial charge in [-0.3, -0.25) is 0 Å². The Bertz CT molecular complexity index is 1390. The molecule has 0 spiro atoms. The summed E-state index contributed by atoms with van der Waals surface area (Å²) in [6.45, 7) is 1.90. The molecule has 0 fully saturated rings. The normalized spacial score (nSPS) is 11.8. The van der Waals surface area contributed by atoms with Crippen molar-refractivity contribution < 1.29 is 8.42 Å². The highest BCUT2D eigenvalue weighted by Gasteiger charge is 2.16. The van der Waals surface area contributed by atoms with E-state index in [0.717, 1.165) is 22.0 Å². The zero-order valence-corrected chi connectivity index (χ0v) is 19.0. The van der Waals surface area contributed by atoms with Gasteiger partial charge in [0, 0.05) is 16.6 Å². The molecule has 160 valence electrons. The van der Waals surface area contributed by atoms with E-state index in [0.29, 0.717) is 5.56 Å². The second-order valence-electron chi connectivity index (χ2n) is 7.20. The van der Waals surface area contributed by atoms with Crippen molar-refractivity contribution in [2.24, 2.45) is 4.40 Å². The number of fused-ring (bicyclic) bond motifs is 1. The number of sulfonamides is 1. The Hall–Kier alpha value is -3.55. The molecule has 4 rings (SSSR count). The van der Waals surface area contributed by atoms with Gasteiger partial charge in [-0.05, 0) is 42.7 Å². The molecule has 32 heavy (non-hydrogen) atoms. The van der Waals surface area contributed by atoms with Crippen molar-refractivity contribution in [1.82, 2.24) is 5.32 Å². The first kappa shape index (κ1) is 21.7. The van der Waals surface area contributed by atoms with Crippen molar-refractivity contribution in [3.8, 4) is 0 Å². The van der Waals surface area contributed by atoms with Crippen molar-refractivity contribution >= 4 is 49.6 Å². The highest BCUT2D eigenvalue weighted by Crippen LogP contribution is 2.23. The standard InChI is InChI=1S/C25H21N3O2S2/c1-18-14-16-21(17-15-18)32(29,30)28-24(20-9-3-2-4-10-20)27-25(31)26-23-13-7-11-19-8-5-6-12-22(19)23/h2-17H,1H3,(H2,26,27,28,31). The van der Waals surface area contributed by atoms with Gasteiger partial charge in [-0.25, -0.2) is 0 Å². The maximum absolute atomic E-state index is 13.0. The number of nitrogens with zero attached hydrogens (tertiary/aromatic N) is 1. The predicted octanol–water partition coefficient (Wildman–Crippen LogP) is 5.27. The molecule has 2 N–H and O–H groups in total. The fourth-order valence-corrected chi connectivity index (χ4v) is 4.41. The summed E-state index contributed by atoms with van der Waals surface area (Å²) >= 11 is 5.50. The van der Waals surface area contributed by atoms with Crippen LogP contribution in [0.4, 0.5) is 5.69 Å². The molecule has 0 aliphatic heterocycles. The van der Waals surface area contributed by atoms with Crippen LogP contribution in [0.25, 0.3) is 10.8 Å². The van der Waals surface area contributed by atoms with Crippen LogP contribution in [-0.4, -0.2) is 19.4 Å². The average molecular weight is 460 g/mol. The van der Waals surface area contributed by atoms with Crippen LogP contribution in [0.15, 0.2) is 106 Å². The molecule has 4 aromatic rings. The Morgan fingerprint density at radius 2 is 1.47 bits per heavy atom. The fraction of sp³-hybridized carbons (Fsp3) is 0.0400. The van der Waals surface area contributed by atoms with E-state index in [2.05, 4.69) is 15.0 Å². The van der Waals surface area contributed by atoms with Crippen LogP contribution in [-0.2, 0) is 10.0 Å². The number of anilines is 1. The molecule has 5 nitrogen and oxygen atoms in total. The van der Waals surface area contributed by atoms with Gasteiger partial charge in [0.05, 0.1) is 4.90 Å². The van der Waals surface area contributed by atoms with E-state index in [9.17, 15) is 8.42 Å². The molecule has 7 heteroatoms. The zero-order valence-electron chi connectivity index (χ0n) is 17.3. The largest absolute Gasteiger partial charge is 0.332 e. The lowest BCUT2D eigenvalue weighted by molar-refractivity contribution is 0.598. The molecular formula is C25H21N3O2S2. The first-order valence-corrected chi connectivity index (χ1v) is 11.8. The SMILES string of the molecule is Cc1ccc(S(=O)(=O)N=C(NC(=S)Nc2cccc3ccccc23)c2ccccc2)cc1. The Morgan fingerprint density at radius 3 is 2.22 bits per heavy atom. The molecule has 0 bridgehead atoms. The maximum Gasteiger partial charge on any atom is 0.284 e. The number of benzene rings is 4. The molecule has 0 radical (unpaired) electrons. The lowest BCUT2D eigenvalue weighted by atomic mass is 10.1. The summed E-state index contributed by atoms with van der Waals surface area (Å²) < 4.78 is 30.0. The van der Waals surface area contributed by atoms with Crippen LogP contribution < -0.4 is 10.6 Å². The highest BCUT2D eigenvalue weighted by molar-refractivity contribution is 7.90. The first-order chi connectivity index (χ1) is 15.4. The van der Waals surface area contributed by atoms with E-state index >= 15 is 0 Å². The molecule has 0 aliphatic carbocycles. The second kappa shape index (κ2) is 9.30. The van der Waals surface area contributed by atoms with Crippen molar-refractivity contribution in [1.29, 1.82) is 0 Å². The van der Waals surface area contributed by atoms with Crippen molar-refractivity contribution in [3.05, 3.63) is 108 Å². The molecule has 0 heterocycles. The Morgan fingerprint density at radius 1 is 0.812 bits per heavy atom. The van der Waals surface area contributed by atoms with Crippen LogP contribution in [0.3, 0.4) is 0 Å². The summed E-state index contributed by atoms with van der Waals surface area (Å²) in [5.74, 6) is 0.143. The minimum absolute atomic E-state index is 0.117. The number of thiocarbonyl (C=S) groups is 1. The van der Waals surface area contributed by atoms with E-state index in [1.165, 1.54) is 0 Å². The van der Waals surface area contributed by atoms with Crippen LogP contribution in [0.1, 0.15) is 11.1 Å². The third kappa shape index (κ3) is 5.01.